The van der Waals surface area contributed by atoms with Crippen LogP contribution in [0.25, 0.3) is 16.9 Å². The van der Waals surface area contributed by atoms with Crippen LogP contribution in [0, 0.1) is 0 Å². The second-order valence-electron chi connectivity index (χ2n) is 9.68. The lowest BCUT2D eigenvalue weighted by molar-refractivity contribution is -0.125. The lowest BCUT2D eigenvalue weighted by Gasteiger charge is -2.33. The minimum absolute atomic E-state index is 0.0118. The molecule has 1 aliphatic rings. The standard InChI is InChI=1S/C23H28F4N6O3S/c1-22(2,35)10-18(34)28-11-19-30-20(31-36-19)13-9-17-16(29-15-6-8-32(3)12-14(15)24)5-4-7-33(17)21(13)37-23(25,26)27/h4-5,7,9,14-15,29,35H,6,8,10-12H2,1-3H3,(H,28,34)/t14-,15+/m0/s1. The lowest BCUT2D eigenvalue weighted by Crippen LogP contribution is -2.46. The minimum Gasteiger partial charge on any atom is -0.390 e. The molecule has 0 aromatic carbocycles. The Morgan fingerprint density at radius 2 is 2.11 bits per heavy atom. The van der Waals surface area contributed by atoms with Crippen molar-refractivity contribution in [2.45, 2.75) is 61.6 Å². The van der Waals surface area contributed by atoms with Gasteiger partial charge in [-0.25, -0.2) is 4.39 Å². The molecule has 3 aromatic heterocycles. The number of hydrogen-bond donors (Lipinski definition) is 3. The Bertz CT molecular complexity index is 1260. The highest BCUT2D eigenvalue weighted by molar-refractivity contribution is 8.00. The molecule has 1 saturated heterocycles. The zero-order chi connectivity index (χ0) is 27.0. The van der Waals surface area contributed by atoms with Gasteiger partial charge in [-0.2, -0.15) is 18.2 Å². The molecule has 4 heterocycles. The summed E-state index contributed by atoms with van der Waals surface area (Å²) in [5.74, 6) is -0.552. The van der Waals surface area contributed by atoms with Crippen molar-refractivity contribution in [3.63, 3.8) is 0 Å². The minimum atomic E-state index is -4.60. The van der Waals surface area contributed by atoms with Crippen molar-refractivity contribution in [2.24, 2.45) is 0 Å². The van der Waals surface area contributed by atoms with Crippen LogP contribution >= 0.6 is 11.8 Å². The molecule has 4 rings (SSSR count). The molecule has 0 saturated carbocycles. The Labute approximate surface area is 214 Å². The highest BCUT2D eigenvalue weighted by Crippen LogP contribution is 2.43. The number of rotatable bonds is 8. The van der Waals surface area contributed by atoms with Crippen molar-refractivity contribution in [2.75, 3.05) is 25.5 Å². The van der Waals surface area contributed by atoms with Crippen LogP contribution in [0.5, 0.6) is 0 Å². The van der Waals surface area contributed by atoms with E-state index in [0.29, 0.717) is 24.2 Å². The van der Waals surface area contributed by atoms with Crippen LogP contribution in [-0.2, 0) is 11.3 Å². The Hall–Kier alpha value is -2.84. The lowest BCUT2D eigenvalue weighted by atomic mass is 10.0. The molecule has 1 aliphatic heterocycles. The molecule has 0 radical (unpaired) electrons. The maximum Gasteiger partial charge on any atom is 0.447 e. The third kappa shape index (κ3) is 6.93. The molecule has 0 unspecified atom stereocenters. The van der Waals surface area contributed by atoms with Crippen LogP contribution in [0.4, 0.5) is 23.2 Å². The zero-order valence-corrected chi connectivity index (χ0v) is 21.3. The second-order valence-corrected chi connectivity index (χ2v) is 10.7. The molecule has 37 heavy (non-hydrogen) atoms. The number of thioether (sulfide) groups is 1. The third-order valence-electron chi connectivity index (χ3n) is 5.80. The first-order valence-corrected chi connectivity index (χ1v) is 12.4. The average Bonchev–Trinajstić information content (AvgIpc) is 3.37. The van der Waals surface area contributed by atoms with E-state index < -0.39 is 29.2 Å². The summed E-state index contributed by atoms with van der Waals surface area (Å²) in [4.78, 5) is 18.0. The summed E-state index contributed by atoms with van der Waals surface area (Å²) < 4.78 is 61.7. The van der Waals surface area contributed by atoms with Gasteiger partial charge in [-0.05, 0) is 45.5 Å². The number of nitrogens with one attached hydrogen (secondary N) is 2. The number of halogens is 4. The van der Waals surface area contributed by atoms with Crippen molar-refractivity contribution in [3.8, 4) is 11.4 Å². The van der Waals surface area contributed by atoms with Gasteiger partial charge in [-0.1, -0.05) is 5.16 Å². The number of alkyl halides is 4. The fourth-order valence-electron chi connectivity index (χ4n) is 4.15. The van der Waals surface area contributed by atoms with Crippen LogP contribution in [0.1, 0.15) is 32.6 Å². The first kappa shape index (κ1) is 27.2. The van der Waals surface area contributed by atoms with E-state index in [9.17, 15) is 27.5 Å². The SMILES string of the molecule is CN1CC[C@@H](Nc2cccn3c(SC(F)(F)F)c(-c4noc(CNC(=O)CC(C)(C)O)n4)cc23)[C@@H](F)C1. The normalized spacial score (nSPS) is 19.4. The van der Waals surface area contributed by atoms with Gasteiger partial charge in [-0.3, -0.25) is 4.79 Å². The number of piperidine rings is 1. The molecular formula is C23H28F4N6O3S. The van der Waals surface area contributed by atoms with Gasteiger partial charge in [0.15, 0.2) is 0 Å². The van der Waals surface area contributed by atoms with Gasteiger partial charge in [0.25, 0.3) is 0 Å². The molecule has 3 N–H and O–H groups in total. The number of pyridine rings is 1. The van der Waals surface area contributed by atoms with Gasteiger partial charge in [0.2, 0.25) is 17.6 Å². The molecule has 2 atom stereocenters. The fraction of sp³-hybridized carbons (Fsp3) is 0.522. The van der Waals surface area contributed by atoms with Crippen LogP contribution in [0.15, 0.2) is 33.9 Å². The molecule has 1 fully saturated rings. The number of aliphatic hydroxyl groups is 1. The molecule has 3 aromatic rings. The third-order valence-corrected chi connectivity index (χ3v) is 6.64. The summed E-state index contributed by atoms with van der Waals surface area (Å²) in [5, 5.41) is 19.1. The Morgan fingerprint density at radius 3 is 2.78 bits per heavy atom. The molecule has 202 valence electrons. The molecule has 0 aliphatic carbocycles. The largest absolute Gasteiger partial charge is 0.447 e. The summed E-state index contributed by atoms with van der Waals surface area (Å²) in [6.45, 7) is 3.77. The topological polar surface area (TPSA) is 108 Å². The second kappa shape index (κ2) is 10.5. The van der Waals surface area contributed by atoms with Crippen molar-refractivity contribution in [1.82, 2.24) is 24.8 Å². The van der Waals surface area contributed by atoms with E-state index in [1.54, 1.807) is 12.1 Å². The van der Waals surface area contributed by atoms with Crippen LogP contribution in [0.3, 0.4) is 0 Å². The molecule has 0 spiro atoms. The predicted molar refractivity (Wildman–Crippen MR) is 130 cm³/mol. The number of nitrogens with zero attached hydrogens (tertiary/aromatic N) is 4. The maximum absolute atomic E-state index is 14.6. The van der Waals surface area contributed by atoms with E-state index in [0.717, 1.165) is 0 Å². The summed E-state index contributed by atoms with van der Waals surface area (Å²) in [6, 6.07) is 4.29. The van der Waals surface area contributed by atoms with Crippen LogP contribution in [-0.4, -0.2) is 73.9 Å². The number of amides is 1. The highest BCUT2D eigenvalue weighted by atomic mass is 32.2. The summed E-state index contributed by atoms with van der Waals surface area (Å²) in [7, 11) is 1.83. The van der Waals surface area contributed by atoms with Gasteiger partial charge in [-0.15, -0.1) is 0 Å². The molecule has 1 amide bonds. The number of anilines is 1. The van der Waals surface area contributed by atoms with Crippen LogP contribution in [0.2, 0.25) is 0 Å². The van der Waals surface area contributed by atoms with E-state index in [-0.39, 0.29) is 53.6 Å². The zero-order valence-electron chi connectivity index (χ0n) is 20.5. The van der Waals surface area contributed by atoms with Crippen molar-refractivity contribution >= 4 is 28.9 Å². The van der Waals surface area contributed by atoms with E-state index >= 15 is 0 Å². The van der Waals surface area contributed by atoms with E-state index in [4.69, 9.17) is 4.52 Å². The van der Waals surface area contributed by atoms with Gasteiger partial charge in [0.1, 0.15) is 6.17 Å². The number of aromatic nitrogens is 3. The molecular weight excluding hydrogens is 516 g/mol. The monoisotopic (exact) mass is 544 g/mol. The van der Waals surface area contributed by atoms with E-state index in [2.05, 4.69) is 20.8 Å². The number of hydrogen-bond acceptors (Lipinski definition) is 8. The highest BCUT2D eigenvalue weighted by Gasteiger charge is 2.34. The maximum atomic E-state index is 14.6. The van der Waals surface area contributed by atoms with Gasteiger partial charge in [0.05, 0.1) is 46.4 Å². The number of fused-ring (bicyclic) bond motifs is 1. The van der Waals surface area contributed by atoms with Gasteiger partial charge in [0, 0.05) is 31.0 Å². The Balaban J connectivity index is 1.63. The quantitative estimate of drug-likeness (QED) is 0.290. The van der Waals surface area contributed by atoms with E-state index in [1.165, 1.54) is 30.5 Å². The van der Waals surface area contributed by atoms with Gasteiger partial charge >= 0.3 is 5.51 Å². The number of likely N-dealkylation sites (tertiary alicyclic amines) is 1. The number of carbonyl (C=O) groups excluding carboxylic acids is 1. The molecule has 9 nitrogen and oxygen atoms in total. The fourth-order valence-corrected chi connectivity index (χ4v) is 4.89. The summed E-state index contributed by atoms with van der Waals surface area (Å²) in [6.07, 6.45) is 0.739. The molecule has 0 bridgehead atoms. The summed E-state index contributed by atoms with van der Waals surface area (Å²) >= 11 is -0.317. The molecule has 14 heteroatoms. The smallest absolute Gasteiger partial charge is 0.390 e. The Kier molecular flexibility index (Phi) is 7.72. The first-order chi connectivity index (χ1) is 17.3. The van der Waals surface area contributed by atoms with Crippen molar-refractivity contribution < 1.29 is 32.0 Å². The van der Waals surface area contributed by atoms with Gasteiger partial charge < -0.3 is 29.6 Å². The average molecular weight is 545 g/mol. The predicted octanol–water partition coefficient (Wildman–Crippen LogP) is 3.83. The first-order valence-electron chi connectivity index (χ1n) is 11.6. The van der Waals surface area contributed by atoms with E-state index in [1.807, 2.05) is 11.9 Å². The van der Waals surface area contributed by atoms with Crippen molar-refractivity contribution in [3.05, 3.63) is 30.3 Å². The summed E-state index contributed by atoms with van der Waals surface area (Å²) in [5.41, 5.74) is -4.84. The van der Waals surface area contributed by atoms with Crippen molar-refractivity contribution in [1.29, 1.82) is 0 Å². The number of carbonyl (C=O) groups is 1. The van der Waals surface area contributed by atoms with Crippen LogP contribution < -0.4 is 10.6 Å². The Morgan fingerprint density at radius 1 is 1.35 bits per heavy atom.